The van der Waals surface area contributed by atoms with E-state index in [0.29, 0.717) is 22.6 Å². The average Bonchev–Trinajstić information content (AvgIpc) is 3.01. The fourth-order valence-corrected chi connectivity index (χ4v) is 2.30. The molecule has 3 rings (SSSR count). The number of aryl methyl sites for hydroxylation is 1. The van der Waals surface area contributed by atoms with E-state index in [-0.39, 0.29) is 12.5 Å². The Balaban J connectivity index is 1.84. The van der Waals surface area contributed by atoms with Gasteiger partial charge in [0.1, 0.15) is 0 Å². The summed E-state index contributed by atoms with van der Waals surface area (Å²) in [6, 6.07) is 11.8. The summed E-state index contributed by atoms with van der Waals surface area (Å²) in [5.74, 6) is -0.888. The minimum absolute atomic E-state index is 0.125. The zero-order chi connectivity index (χ0) is 17.1. The Morgan fingerprint density at radius 3 is 2.67 bits per heavy atom. The normalized spacial score (nSPS) is 12.8. The minimum atomic E-state index is -1.48. The summed E-state index contributed by atoms with van der Waals surface area (Å²) < 4.78 is 10.4. The number of carboxylic acids is 1. The lowest BCUT2D eigenvalue weighted by Gasteiger charge is -2.11. The van der Waals surface area contributed by atoms with Crippen molar-refractivity contribution >= 4 is 18.0 Å². The molecular formula is C18H14NO5-. The zero-order valence-corrected chi connectivity index (χ0v) is 12.9. The smallest absolute Gasteiger partial charge is 0.255 e. The third-order valence-electron chi connectivity index (χ3n) is 3.46. The second-order valence-corrected chi connectivity index (χ2v) is 5.28. The maximum absolute atomic E-state index is 12.2. The highest BCUT2D eigenvalue weighted by atomic mass is 16.7. The molecule has 0 radical (unpaired) electrons. The Hall–Kier alpha value is -3.28. The number of hydrogen-bond acceptors (Lipinski definition) is 5. The Labute approximate surface area is 138 Å². The molecule has 0 spiro atoms. The number of carbonyl (C=O) groups is 2. The molecule has 24 heavy (non-hydrogen) atoms. The summed E-state index contributed by atoms with van der Waals surface area (Å²) in [5.41, 5.74) is 1.48. The van der Waals surface area contributed by atoms with Crippen molar-refractivity contribution in [2.24, 2.45) is 0 Å². The van der Waals surface area contributed by atoms with Gasteiger partial charge in [0.05, 0.1) is 11.7 Å². The first-order valence-electron chi connectivity index (χ1n) is 7.23. The fraction of sp³-hybridized carbons (Fsp3) is 0.111. The highest BCUT2D eigenvalue weighted by Crippen LogP contribution is 2.32. The van der Waals surface area contributed by atoms with Crippen LogP contribution >= 0.6 is 0 Å². The molecule has 1 amide bonds. The van der Waals surface area contributed by atoms with Crippen LogP contribution in [0.3, 0.4) is 0 Å². The SMILES string of the molecule is Cc1cccc(C(=O)NC(=Cc2ccc3c(c2)OCO3)C(=O)[O-])c1. The third-order valence-corrected chi connectivity index (χ3v) is 3.46. The van der Waals surface area contributed by atoms with Crippen LogP contribution in [0.15, 0.2) is 48.2 Å². The van der Waals surface area contributed by atoms with Crippen LogP contribution in [-0.4, -0.2) is 18.7 Å². The van der Waals surface area contributed by atoms with Crippen LogP contribution in [0, 0.1) is 6.92 Å². The molecule has 0 fully saturated rings. The van der Waals surface area contributed by atoms with Crippen LogP contribution in [0.4, 0.5) is 0 Å². The van der Waals surface area contributed by atoms with Gasteiger partial charge in [-0.25, -0.2) is 0 Å². The van der Waals surface area contributed by atoms with Crippen LogP contribution in [0.2, 0.25) is 0 Å². The van der Waals surface area contributed by atoms with E-state index < -0.39 is 11.9 Å². The highest BCUT2D eigenvalue weighted by molar-refractivity contribution is 6.02. The maximum Gasteiger partial charge on any atom is 0.255 e. The fourth-order valence-electron chi connectivity index (χ4n) is 2.30. The first kappa shape index (κ1) is 15.6. The van der Waals surface area contributed by atoms with Crippen molar-refractivity contribution in [3.05, 3.63) is 64.9 Å². The second kappa shape index (κ2) is 6.45. The number of aliphatic carboxylic acids is 1. The largest absolute Gasteiger partial charge is 0.543 e. The topological polar surface area (TPSA) is 87.7 Å². The third kappa shape index (κ3) is 3.38. The number of carbonyl (C=O) groups excluding carboxylic acids is 2. The number of fused-ring (bicyclic) bond motifs is 1. The van der Waals surface area contributed by atoms with Crippen molar-refractivity contribution in [1.29, 1.82) is 0 Å². The van der Waals surface area contributed by atoms with Crippen molar-refractivity contribution in [3.63, 3.8) is 0 Å². The number of hydrogen-bond donors (Lipinski definition) is 1. The van der Waals surface area contributed by atoms with Crippen LogP contribution in [0.5, 0.6) is 11.5 Å². The predicted molar refractivity (Wildman–Crippen MR) is 84.2 cm³/mol. The van der Waals surface area contributed by atoms with Crippen molar-refractivity contribution in [1.82, 2.24) is 5.32 Å². The standard InChI is InChI=1S/C18H15NO5/c1-11-3-2-4-13(7-11)17(20)19-14(18(21)22)8-12-5-6-15-16(9-12)24-10-23-15/h2-9H,10H2,1H3,(H,19,20)(H,21,22)/p-1. The van der Waals surface area contributed by atoms with Gasteiger partial charge in [-0.3, -0.25) is 4.79 Å². The van der Waals surface area contributed by atoms with E-state index in [1.807, 2.05) is 13.0 Å². The van der Waals surface area contributed by atoms with Crippen LogP contribution in [0.1, 0.15) is 21.5 Å². The number of amides is 1. The molecular weight excluding hydrogens is 310 g/mol. The maximum atomic E-state index is 12.2. The van der Waals surface area contributed by atoms with Crippen LogP contribution < -0.4 is 19.9 Å². The molecule has 0 unspecified atom stereocenters. The lowest BCUT2D eigenvalue weighted by Crippen LogP contribution is -2.35. The Bertz CT molecular complexity index is 841. The molecule has 1 aliphatic heterocycles. The molecule has 1 aliphatic rings. The van der Waals surface area contributed by atoms with E-state index in [0.717, 1.165) is 5.56 Å². The second-order valence-electron chi connectivity index (χ2n) is 5.28. The Kier molecular flexibility index (Phi) is 4.20. The van der Waals surface area contributed by atoms with Gasteiger partial charge < -0.3 is 24.7 Å². The molecule has 1 N–H and O–H groups in total. The summed E-state index contributed by atoms with van der Waals surface area (Å²) in [6.07, 6.45) is 1.31. The lowest BCUT2D eigenvalue weighted by atomic mass is 10.1. The van der Waals surface area contributed by atoms with Crippen molar-refractivity contribution in [3.8, 4) is 11.5 Å². The van der Waals surface area contributed by atoms with Crippen LogP contribution in [-0.2, 0) is 4.79 Å². The molecule has 0 saturated heterocycles. The van der Waals surface area contributed by atoms with Gasteiger partial charge >= 0.3 is 0 Å². The van der Waals surface area contributed by atoms with Crippen LogP contribution in [0.25, 0.3) is 6.08 Å². The van der Waals surface area contributed by atoms with E-state index in [2.05, 4.69) is 5.32 Å². The predicted octanol–water partition coefficient (Wildman–Crippen LogP) is 1.24. The van der Waals surface area contributed by atoms with Crippen molar-refractivity contribution in [2.45, 2.75) is 6.92 Å². The Morgan fingerprint density at radius 2 is 1.92 bits per heavy atom. The molecule has 1 heterocycles. The van der Waals surface area contributed by atoms with E-state index in [4.69, 9.17) is 9.47 Å². The van der Waals surface area contributed by atoms with Gasteiger partial charge in [0.25, 0.3) is 5.91 Å². The molecule has 122 valence electrons. The molecule has 2 aromatic carbocycles. The lowest BCUT2D eigenvalue weighted by molar-refractivity contribution is -0.299. The van der Waals surface area contributed by atoms with Gasteiger partial charge in [-0.2, -0.15) is 0 Å². The van der Waals surface area contributed by atoms with Gasteiger partial charge in [-0.15, -0.1) is 0 Å². The molecule has 6 heteroatoms. The summed E-state index contributed by atoms with van der Waals surface area (Å²) in [6.45, 7) is 1.97. The summed E-state index contributed by atoms with van der Waals surface area (Å²) >= 11 is 0. The molecule has 0 saturated carbocycles. The zero-order valence-electron chi connectivity index (χ0n) is 12.9. The van der Waals surface area contributed by atoms with Gasteiger partial charge in [-0.1, -0.05) is 23.8 Å². The minimum Gasteiger partial charge on any atom is -0.543 e. The molecule has 0 aliphatic carbocycles. The number of nitrogens with one attached hydrogen (secondary N) is 1. The first-order valence-corrected chi connectivity index (χ1v) is 7.23. The van der Waals surface area contributed by atoms with E-state index in [1.165, 1.54) is 6.08 Å². The van der Waals surface area contributed by atoms with Gasteiger partial charge in [0, 0.05) is 5.56 Å². The molecule has 6 nitrogen and oxygen atoms in total. The summed E-state index contributed by atoms with van der Waals surface area (Å²) in [7, 11) is 0. The quantitative estimate of drug-likeness (QED) is 0.855. The van der Waals surface area contributed by atoms with E-state index in [1.54, 1.807) is 36.4 Å². The van der Waals surface area contributed by atoms with Gasteiger partial charge in [0.2, 0.25) is 6.79 Å². The van der Waals surface area contributed by atoms with E-state index in [9.17, 15) is 14.7 Å². The average molecular weight is 324 g/mol. The first-order chi connectivity index (χ1) is 11.5. The number of carboxylic acid groups (broad SMARTS) is 1. The molecule has 0 bridgehead atoms. The van der Waals surface area contributed by atoms with E-state index >= 15 is 0 Å². The highest BCUT2D eigenvalue weighted by Gasteiger charge is 2.14. The monoisotopic (exact) mass is 324 g/mol. The molecule has 2 aromatic rings. The summed E-state index contributed by atoms with van der Waals surface area (Å²) in [4.78, 5) is 23.5. The van der Waals surface area contributed by atoms with Gasteiger partial charge in [0.15, 0.2) is 11.5 Å². The number of ether oxygens (including phenoxy) is 2. The molecule has 0 atom stereocenters. The van der Waals surface area contributed by atoms with Crippen molar-refractivity contribution in [2.75, 3.05) is 6.79 Å². The molecule has 0 aromatic heterocycles. The Morgan fingerprint density at radius 1 is 1.12 bits per heavy atom. The number of benzene rings is 2. The van der Waals surface area contributed by atoms with Gasteiger partial charge in [-0.05, 0) is 42.8 Å². The number of rotatable bonds is 4. The summed E-state index contributed by atoms with van der Waals surface area (Å²) in [5, 5.41) is 13.7. The van der Waals surface area contributed by atoms with Crippen molar-refractivity contribution < 1.29 is 24.2 Å².